The summed E-state index contributed by atoms with van der Waals surface area (Å²) in [7, 11) is 0. The Hall–Kier alpha value is -2.42. The summed E-state index contributed by atoms with van der Waals surface area (Å²) in [5, 5.41) is 4.86. The predicted octanol–water partition coefficient (Wildman–Crippen LogP) is 6.34. The van der Waals surface area contributed by atoms with Gasteiger partial charge in [-0.3, -0.25) is 0 Å². The number of nitrogens with zero attached hydrogens (tertiary/aromatic N) is 1. The smallest absolute Gasteiger partial charge is 0.0799 e. The highest BCUT2D eigenvalue weighted by Crippen LogP contribution is 2.34. The summed E-state index contributed by atoms with van der Waals surface area (Å²) >= 11 is 2.46. The van der Waals surface area contributed by atoms with Gasteiger partial charge in [-0.25, -0.2) is 4.98 Å². The molecule has 1 aliphatic carbocycles. The third-order valence-electron chi connectivity index (χ3n) is 4.54. The average molecular weight is 417 g/mol. The van der Waals surface area contributed by atoms with E-state index in [9.17, 15) is 0 Å². The molecule has 1 nitrogen and oxygen atoms in total. The summed E-state index contributed by atoms with van der Waals surface area (Å²) in [6.45, 7) is 0. The number of hydrogen-bond donors (Lipinski definition) is 0. The molecule has 0 atom stereocenters. The fourth-order valence-corrected chi connectivity index (χ4v) is 4.24. The van der Waals surface area contributed by atoms with Crippen molar-refractivity contribution in [2.75, 3.05) is 0 Å². The van der Waals surface area contributed by atoms with E-state index in [0.717, 1.165) is 16.6 Å². The lowest BCUT2D eigenvalue weighted by Crippen LogP contribution is -1.93. The SMILES string of the molecule is Ic1c2ccc3c(c2nc2c1ccc1ccccc12)C=CC=C=C3. The highest BCUT2D eigenvalue weighted by molar-refractivity contribution is 14.1. The summed E-state index contributed by atoms with van der Waals surface area (Å²) in [4.78, 5) is 5.10. The van der Waals surface area contributed by atoms with Crippen LogP contribution in [0.4, 0.5) is 0 Å². The molecule has 0 N–H and O–H groups in total. The molecule has 5 rings (SSSR count). The van der Waals surface area contributed by atoms with Crippen LogP contribution in [0.25, 0.3) is 44.7 Å². The van der Waals surface area contributed by atoms with E-state index in [1.54, 1.807) is 0 Å². The summed E-state index contributed by atoms with van der Waals surface area (Å²) in [5.41, 5.74) is 7.65. The molecule has 24 heavy (non-hydrogen) atoms. The molecule has 0 saturated carbocycles. The average Bonchev–Trinajstić information content (AvgIpc) is 2.87. The van der Waals surface area contributed by atoms with Gasteiger partial charge in [-0.15, -0.1) is 5.73 Å². The van der Waals surface area contributed by atoms with Crippen LogP contribution < -0.4 is 0 Å². The van der Waals surface area contributed by atoms with Crippen molar-refractivity contribution in [2.24, 2.45) is 0 Å². The number of aromatic nitrogens is 1. The summed E-state index contributed by atoms with van der Waals surface area (Å²) in [5.74, 6) is 0. The Bertz CT molecular complexity index is 1240. The van der Waals surface area contributed by atoms with Gasteiger partial charge in [0, 0.05) is 25.3 Å². The second kappa shape index (κ2) is 5.30. The monoisotopic (exact) mass is 417 g/mol. The molecule has 112 valence electrons. The van der Waals surface area contributed by atoms with Gasteiger partial charge in [-0.1, -0.05) is 60.7 Å². The van der Waals surface area contributed by atoms with E-state index in [2.05, 4.69) is 82.9 Å². The van der Waals surface area contributed by atoms with Gasteiger partial charge in [0.25, 0.3) is 0 Å². The van der Waals surface area contributed by atoms with Gasteiger partial charge < -0.3 is 0 Å². The van der Waals surface area contributed by atoms with Crippen LogP contribution in [0.2, 0.25) is 0 Å². The van der Waals surface area contributed by atoms with Crippen molar-refractivity contribution in [3.8, 4) is 0 Å². The van der Waals surface area contributed by atoms with Gasteiger partial charge in [0.1, 0.15) is 0 Å². The highest BCUT2D eigenvalue weighted by Gasteiger charge is 2.13. The van der Waals surface area contributed by atoms with Crippen molar-refractivity contribution in [3.05, 3.63) is 81.1 Å². The molecule has 2 heteroatoms. The topological polar surface area (TPSA) is 12.9 Å². The highest BCUT2D eigenvalue weighted by atomic mass is 127. The summed E-state index contributed by atoms with van der Waals surface area (Å²) in [6, 6.07) is 17.2. The molecular formula is C22H12IN. The number of halogens is 1. The molecule has 0 amide bonds. The predicted molar refractivity (Wildman–Crippen MR) is 111 cm³/mol. The first kappa shape index (κ1) is 14.0. The number of pyridine rings is 1. The molecule has 1 heterocycles. The third-order valence-corrected chi connectivity index (χ3v) is 5.70. The Balaban J connectivity index is 2.03. The Labute approximate surface area is 153 Å². The zero-order valence-electron chi connectivity index (χ0n) is 12.8. The van der Waals surface area contributed by atoms with Gasteiger partial charge in [0.05, 0.1) is 11.0 Å². The van der Waals surface area contributed by atoms with E-state index in [4.69, 9.17) is 4.98 Å². The molecule has 4 aromatic rings. The van der Waals surface area contributed by atoms with E-state index in [1.807, 2.05) is 18.2 Å². The van der Waals surface area contributed by atoms with E-state index in [0.29, 0.717) is 0 Å². The second-order valence-corrected chi connectivity index (χ2v) is 6.99. The zero-order valence-corrected chi connectivity index (χ0v) is 14.9. The van der Waals surface area contributed by atoms with Gasteiger partial charge in [-0.2, -0.15) is 0 Å². The number of benzene rings is 3. The van der Waals surface area contributed by atoms with Crippen LogP contribution in [0.15, 0.2) is 66.4 Å². The maximum atomic E-state index is 5.10. The largest absolute Gasteiger partial charge is 0.246 e. The van der Waals surface area contributed by atoms with E-state index in [-0.39, 0.29) is 0 Å². The number of rotatable bonds is 0. The molecule has 0 spiro atoms. The molecule has 0 aliphatic heterocycles. The standard InChI is InChI=1S/C22H12IN/c23-20-18-12-10-14-6-2-1-3-8-16(14)21(18)24-22-17-9-5-4-7-15(17)11-13-19(20)22/h1,3-13H. The van der Waals surface area contributed by atoms with Crippen molar-refractivity contribution in [2.45, 2.75) is 0 Å². The summed E-state index contributed by atoms with van der Waals surface area (Å²) < 4.78 is 1.26. The first-order valence-corrected chi connectivity index (χ1v) is 8.94. The maximum absolute atomic E-state index is 5.10. The van der Waals surface area contributed by atoms with Crippen LogP contribution in [0, 0.1) is 3.57 Å². The fraction of sp³-hybridized carbons (Fsp3) is 0. The first-order chi connectivity index (χ1) is 11.8. The number of fused-ring (bicyclic) bond motifs is 6. The van der Waals surface area contributed by atoms with E-state index >= 15 is 0 Å². The molecule has 0 unspecified atom stereocenters. The van der Waals surface area contributed by atoms with E-state index in [1.165, 1.54) is 30.7 Å². The Morgan fingerprint density at radius 3 is 2.62 bits per heavy atom. The quantitative estimate of drug-likeness (QED) is 0.141. The fourth-order valence-electron chi connectivity index (χ4n) is 3.37. The van der Waals surface area contributed by atoms with Crippen LogP contribution in [0.3, 0.4) is 0 Å². The van der Waals surface area contributed by atoms with Crippen molar-refractivity contribution in [3.63, 3.8) is 0 Å². The molecular weight excluding hydrogens is 405 g/mol. The van der Waals surface area contributed by atoms with Crippen molar-refractivity contribution in [1.29, 1.82) is 0 Å². The molecule has 1 aliphatic rings. The molecule has 3 aromatic carbocycles. The normalized spacial score (nSPS) is 12.9. The molecule has 0 fully saturated rings. The Kier molecular flexibility index (Phi) is 3.09. The lowest BCUT2D eigenvalue weighted by molar-refractivity contribution is 1.48. The van der Waals surface area contributed by atoms with Crippen LogP contribution in [0.5, 0.6) is 0 Å². The van der Waals surface area contributed by atoms with Crippen LogP contribution >= 0.6 is 22.6 Å². The summed E-state index contributed by atoms with van der Waals surface area (Å²) in [6.07, 6.45) is 8.13. The minimum atomic E-state index is 1.06. The van der Waals surface area contributed by atoms with Crippen molar-refractivity contribution in [1.82, 2.24) is 4.98 Å². The number of hydrogen-bond acceptors (Lipinski definition) is 1. The Morgan fingerprint density at radius 1 is 0.833 bits per heavy atom. The van der Waals surface area contributed by atoms with Crippen molar-refractivity contribution < 1.29 is 0 Å². The molecule has 1 aromatic heterocycles. The van der Waals surface area contributed by atoms with Crippen LogP contribution in [-0.4, -0.2) is 4.98 Å². The minimum Gasteiger partial charge on any atom is -0.246 e. The van der Waals surface area contributed by atoms with E-state index < -0.39 is 0 Å². The van der Waals surface area contributed by atoms with Gasteiger partial charge in [-0.05, 0) is 45.7 Å². The van der Waals surface area contributed by atoms with Gasteiger partial charge >= 0.3 is 0 Å². The molecule has 0 bridgehead atoms. The van der Waals surface area contributed by atoms with Gasteiger partial charge in [0.2, 0.25) is 0 Å². The Morgan fingerprint density at radius 2 is 1.67 bits per heavy atom. The van der Waals surface area contributed by atoms with Crippen LogP contribution in [-0.2, 0) is 0 Å². The van der Waals surface area contributed by atoms with Crippen molar-refractivity contribution >= 4 is 67.3 Å². The third kappa shape index (κ3) is 1.97. The zero-order chi connectivity index (χ0) is 16.1. The second-order valence-electron chi connectivity index (χ2n) is 5.91. The lowest BCUT2D eigenvalue weighted by atomic mass is 9.99. The van der Waals surface area contributed by atoms with Gasteiger partial charge in [0.15, 0.2) is 0 Å². The number of allylic oxidation sites excluding steroid dienone is 2. The molecule has 0 radical (unpaired) electrons. The first-order valence-electron chi connectivity index (χ1n) is 7.86. The lowest BCUT2D eigenvalue weighted by Gasteiger charge is -2.12. The minimum absolute atomic E-state index is 1.06. The molecule has 0 saturated heterocycles. The maximum Gasteiger partial charge on any atom is 0.0799 e. The van der Waals surface area contributed by atoms with Crippen LogP contribution in [0.1, 0.15) is 11.1 Å².